The molecule has 0 radical (unpaired) electrons. The van der Waals surface area contributed by atoms with E-state index in [1.807, 2.05) is 4.98 Å². The molecule has 1 aromatic heterocycles. The van der Waals surface area contributed by atoms with E-state index in [9.17, 15) is 22.8 Å². The molecule has 0 amide bonds. The van der Waals surface area contributed by atoms with Crippen molar-refractivity contribution in [1.82, 2.24) is 4.98 Å². The Hall–Kier alpha value is -1.79. The maximum absolute atomic E-state index is 12.9. The normalized spacial score (nSPS) is 10.7. The fraction of sp³-hybridized carbons (Fsp3) is 0.250. The summed E-state index contributed by atoms with van der Waals surface area (Å²) in [5.41, 5.74) is -2.84. The third-order valence-electron chi connectivity index (χ3n) is 1.69. The van der Waals surface area contributed by atoms with Crippen LogP contribution in [0.3, 0.4) is 0 Å². The lowest BCUT2D eigenvalue weighted by molar-refractivity contribution is -0.136. The maximum atomic E-state index is 12.9. The molecule has 1 aromatic rings. The third-order valence-corrected chi connectivity index (χ3v) is 1.69. The molecule has 0 bridgehead atoms. The molecule has 0 aliphatic carbocycles. The molecule has 4 nitrogen and oxygen atoms in total. The highest BCUT2D eigenvalue weighted by molar-refractivity contribution is 5.69. The average molecular weight is 221 g/mol. The second kappa shape index (κ2) is 4.16. The van der Waals surface area contributed by atoms with Gasteiger partial charge in [0.1, 0.15) is 5.69 Å². The number of H-pyrrole nitrogens is 1. The van der Waals surface area contributed by atoms with Gasteiger partial charge < -0.3 is 10.1 Å². The molecule has 15 heavy (non-hydrogen) atoms. The van der Waals surface area contributed by atoms with Gasteiger partial charge in [-0.05, 0) is 0 Å². The number of hydrogen-bond donors (Lipinski definition) is 2. The third kappa shape index (κ3) is 2.36. The monoisotopic (exact) mass is 221 g/mol. The number of alkyl halides is 2. The molecule has 1 rings (SSSR count). The molecule has 1 heterocycles. The SMILES string of the molecule is O=C(O)Cc1c[nH]c(C(F)F)c(F)c1=O. The highest BCUT2D eigenvalue weighted by atomic mass is 19.3. The van der Waals surface area contributed by atoms with Crippen molar-refractivity contribution in [2.75, 3.05) is 0 Å². The fourth-order valence-electron chi connectivity index (χ4n) is 1.01. The Morgan fingerprint density at radius 3 is 2.60 bits per heavy atom. The van der Waals surface area contributed by atoms with E-state index in [1.165, 1.54) is 0 Å². The first-order chi connectivity index (χ1) is 6.93. The molecule has 0 atom stereocenters. The number of aromatic amines is 1. The van der Waals surface area contributed by atoms with Crippen LogP contribution < -0.4 is 5.43 Å². The van der Waals surface area contributed by atoms with Crippen LogP contribution in [0.1, 0.15) is 17.7 Å². The molecule has 0 unspecified atom stereocenters. The van der Waals surface area contributed by atoms with Gasteiger partial charge in [-0.1, -0.05) is 0 Å². The van der Waals surface area contributed by atoms with Gasteiger partial charge in [-0.15, -0.1) is 0 Å². The van der Waals surface area contributed by atoms with Crippen LogP contribution in [0.5, 0.6) is 0 Å². The van der Waals surface area contributed by atoms with Gasteiger partial charge in [0.2, 0.25) is 5.43 Å². The van der Waals surface area contributed by atoms with Gasteiger partial charge in [-0.3, -0.25) is 9.59 Å². The van der Waals surface area contributed by atoms with Crippen LogP contribution in [-0.2, 0) is 11.2 Å². The van der Waals surface area contributed by atoms with E-state index in [0.29, 0.717) is 0 Å². The molecular formula is C8H6F3NO3. The number of hydrogen-bond acceptors (Lipinski definition) is 2. The van der Waals surface area contributed by atoms with E-state index in [-0.39, 0.29) is 0 Å². The Labute approximate surface area is 81.4 Å². The number of aromatic nitrogens is 1. The van der Waals surface area contributed by atoms with Crippen molar-refractivity contribution in [3.8, 4) is 0 Å². The number of rotatable bonds is 3. The summed E-state index contributed by atoms with van der Waals surface area (Å²) < 4.78 is 37.1. The van der Waals surface area contributed by atoms with Crippen molar-refractivity contribution in [2.45, 2.75) is 12.8 Å². The minimum Gasteiger partial charge on any atom is -0.481 e. The van der Waals surface area contributed by atoms with Crippen LogP contribution in [0.4, 0.5) is 13.2 Å². The molecule has 0 fully saturated rings. The summed E-state index contributed by atoms with van der Waals surface area (Å²) in [6, 6.07) is 0. The van der Waals surface area contributed by atoms with Gasteiger partial charge in [0, 0.05) is 11.8 Å². The number of halogens is 3. The molecule has 0 aliphatic rings. The van der Waals surface area contributed by atoms with Crippen LogP contribution in [0.15, 0.2) is 11.0 Å². The van der Waals surface area contributed by atoms with Crippen LogP contribution in [-0.4, -0.2) is 16.1 Å². The number of carboxylic acid groups (broad SMARTS) is 1. The number of aliphatic carboxylic acids is 1. The van der Waals surface area contributed by atoms with E-state index < -0.39 is 41.3 Å². The zero-order valence-corrected chi connectivity index (χ0v) is 7.26. The molecule has 0 aliphatic heterocycles. The fourth-order valence-corrected chi connectivity index (χ4v) is 1.01. The predicted molar refractivity (Wildman–Crippen MR) is 43.3 cm³/mol. The molecule has 2 N–H and O–H groups in total. The summed E-state index contributed by atoms with van der Waals surface area (Å²) >= 11 is 0. The van der Waals surface area contributed by atoms with E-state index in [4.69, 9.17) is 5.11 Å². The van der Waals surface area contributed by atoms with Crippen molar-refractivity contribution >= 4 is 5.97 Å². The first-order valence-electron chi connectivity index (χ1n) is 3.83. The van der Waals surface area contributed by atoms with Crippen LogP contribution in [0.2, 0.25) is 0 Å². The zero-order valence-electron chi connectivity index (χ0n) is 7.26. The van der Waals surface area contributed by atoms with Gasteiger partial charge in [0.05, 0.1) is 6.42 Å². The van der Waals surface area contributed by atoms with Crippen molar-refractivity contribution in [3.05, 3.63) is 33.5 Å². The summed E-state index contributed by atoms with van der Waals surface area (Å²) in [6.45, 7) is 0. The molecule has 0 saturated heterocycles. The minimum absolute atomic E-state index is 0.399. The summed E-state index contributed by atoms with van der Waals surface area (Å²) in [4.78, 5) is 23.1. The Morgan fingerprint density at radius 1 is 1.53 bits per heavy atom. The minimum atomic E-state index is -3.14. The quantitative estimate of drug-likeness (QED) is 0.802. The summed E-state index contributed by atoms with van der Waals surface area (Å²) in [5, 5.41) is 8.34. The highest BCUT2D eigenvalue weighted by Gasteiger charge is 2.19. The Kier molecular flexibility index (Phi) is 3.13. The zero-order chi connectivity index (χ0) is 11.6. The number of nitrogens with one attached hydrogen (secondary N) is 1. The van der Waals surface area contributed by atoms with E-state index in [1.54, 1.807) is 0 Å². The van der Waals surface area contributed by atoms with Crippen LogP contribution in [0, 0.1) is 5.82 Å². The standard InChI is InChI=1S/C8H6F3NO3/c9-5-6(8(10)11)12-2-3(7(5)15)1-4(13)14/h2,8H,1H2,(H,12,15)(H,13,14). The topological polar surface area (TPSA) is 70.2 Å². The van der Waals surface area contributed by atoms with Gasteiger partial charge in [-0.25, -0.2) is 13.2 Å². The van der Waals surface area contributed by atoms with E-state index in [2.05, 4.69) is 0 Å². The van der Waals surface area contributed by atoms with Crippen LogP contribution in [0.25, 0.3) is 0 Å². The Balaban J connectivity index is 3.22. The first kappa shape index (κ1) is 11.3. The second-order valence-corrected chi connectivity index (χ2v) is 2.74. The maximum Gasteiger partial charge on any atom is 0.308 e. The lowest BCUT2D eigenvalue weighted by atomic mass is 10.2. The Bertz CT molecular complexity index is 441. The largest absolute Gasteiger partial charge is 0.481 e. The van der Waals surface area contributed by atoms with Gasteiger partial charge in [0.15, 0.2) is 5.82 Å². The van der Waals surface area contributed by atoms with Gasteiger partial charge >= 0.3 is 5.97 Å². The number of carboxylic acids is 1. The number of carbonyl (C=O) groups is 1. The molecular weight excluding hydrogens is 215 g/mol. The van der Waals surface area contributed by atoms with Gasteiger partial charge in [-0.2, -0.15) is 0 Å². The predicted octanol–water partition coefficient (Wildman–Crippen LogP) is 1.08. The summed E-state index contributed by atoms with van der Waals surface area (Å²) in [5.74, 6) is -2.98. The molecule has 82 valence electrons. The lowest BCUT2D eigenvalue weighted by Crippen LogP contribution is -2.19. The second-order valence-electron chi connectivity index (χ2n) is 2.74. The van der Waals surface area contributed by atoms with E-state index >= 15 is 0 Å². The summed E-state index contributed by atoms with van der Waals surface area (Å²) in [6.07, 6.45) is -3.08. The first-order valence-corrected chi connectivity index (χ1v) is 3.83. The lowest BCUT2D eigenvalue weighted by Gasteiger charge is -2.03. The molecule has 7 heteroatoms. The molecule has 0 saturated carbocycles. The Morgan fingerprint density at radius 2 is 2.13 bits per heavy atom. The smallest absolute Gasteiger partial charge is 0.308 e. The highest BCUT2D eigenvalue weighted by Crippen LogP contribution is 2.17. The van der Waals surface area contributed by atoms with Crippen molar-refractivity contribution in [3.63, 3.8) is 0 Å². The van der Waals surface area contributed by atoms with E-state index in [0.717, 1.165) is 6.20 Å². The van der Waals surface area contributed by atoms with Crippen molar-refractivity contribution < 1.29 is 23.1 Å². The average Bonchev–Trinajstić information content (AvgIpc) is 2.12. The molecule has 0 aromatic carbocycles. The molecule has 0 spiro atoms. The van der Waals surface area contributed by atoms with Crippen LogP contribution >= 0.6 is 0 Å². The van der Waals surface area contributed by atoms with Gasteiger partial charge in [0.25, 0.3) is 6.43 Å². The summed E-state index contributed by atoms with van der Waals surface area (Å²) in [7, 11) is 0. The van der Waals surface area contributed by atoms with Crippen molar-refractivity contribution in [2.24, 2.45) is 0 Å². The number of pyridine rings is 1. The van der Waals surface area contributed by atoms with Crippen molar-refractivity contribution in [1.29, 1.82) is 0 Å².